The van der Waals surface area contributed by atoms with E-state index in [1.54, 1.807) is 11.0 Å². The van der Waals surface area contributed by atoms with Gasteiger partial charge in [0, 0.05) is 49.5 Å². The number of anilines is 1. The number of aromatic nitrogens is 3. The van der Waals surface area contributed by atoms with Crippen molar-refractivity contribution in [2.75, 3.05) is 37.8 Å². The number of nitrogens with zero attached hydrogens (tertiary/aromatic N) is 5. The molecule has 14 heteroatoms. The molecule has 0 aliphatic carbocycles. The van der Waals surface area contributed by atoms with E-state index in [4.69, 9.17) is 17.3 Å². The molecular weight excluding hydrogens is 511 g/mol. The Labute approximate surface area is 207 Å². The zero-order valence-corrected chi connectivity index (χ0v) is 19.3. The quantitative estimate of drug-likeness (QED) is 0.270. The summed E-state index contributed by atoms with van der Waals surface area (Å²) in [5.74, 6) is -0.516. The summed E-state index contributed by atoms with van der Waals surface area (Å²) in [6.45, 7) is -1.75. The first kappa shape index (κ1) is 25.6. The fourth-order valence-electron chi connectivity index (χ4n) is 3.86. The van der Waals surface area contributed by atoms with Gasteiger partial charge in [-0.15, -0.1) is 8.78 Å². The van der Waals surface area contributed by atoms with Crippen LogP contribution in [0, 0.1) is 0 Å². The minimum Gasteiger partial charge on any atom is -0.420 e. The van der Waals surface area contributed by atoms with Crippen LogP contribution < -0.4 is 15.4 Å². The van der Waals surface area contributed by atoms with Crippen LogP contribution >= 0.6 is 11.6 Å². The molecule has 0 saturated carbocycles. The maximum atomic E-state index is 13.8. The Balaban J connectivity index is 1.68. The van der Waals surface area contributed by atoms with E-state index in [2.05, 4.69) is 14.8 Å². The number of hydrogen-bond acceptors (Lipinski definition) is 6. The summed E-state index contributed by atoms with van der Waals surface area (Å²) in [5, 5.41) is 4.27. The highest BCUT2D eigenvalue weighted by atomic mass is 35.5. The van der Waals surface area contributed by atoms with Crippen molar-refractivity contribution in [3.8, 4) is 22.7 Å². The standard InChI is InChI=1S/C22H20ClF5N6O2/c23-22(27,28)36-16-3-1-15(2-4-16)34-18(5-6-31-34)17-11-14(19(29)35)12-30-20(17)32-7-9-33(10-8-32)21(25,26)13-24/h1-6,11-12H,7-10,13H2,(H2,29,35). The molecule has 0 spiro atoms. The largest absolute Gasteiger partial charge is 0.487 e. The van der Waals surface area contributed by atoms with Crippen LogP contribution in [-0.2, 0) is 0 Å². The van der Waals surface area contributed by atoms with Gasteiger partial charge in [0.15, 0.2) is 6.67 Å². The monoisotopic (exact) mass is 530 g/mol. The molecule has 0 radical (unpaired) electrons. The van der Waals surface area contributed by atoms with E-state index >= 15 is 0 Å². The third kappa shape index (κ3) is 5.51. The van der Waals surface area contributed by atoms with Crippen molar-refractivity contribution >= 4 is 23.3 Å². The second kappa shape index (κ2) is 9.90. The SMILES string of the molecule is NC(=O)c1cnc(N2CCN(C(F)(F)CF)CC2)c(-c2ccnn2-c2ccc(OC(F)(F)Cl)cc2)c1. The summed E-state index contributed by atoms with van der Waals surface area (Å²) in [6.07, 6.45) is 2.76. The number of rotatable bonds is 8. The van der Waals surface area contributed by atoms with Crippen molar-refractivity contribution < 1.29 is 31.5 Å². The Morgan fingerprint density at radius 3 is 2.33 bits per heavy atom. The highest BCUT2D eigenvalue weighted by Crippen LogP contribution is 2.34. The van der Waals surface area contributed by atoms with Gasteiger partial charge in [-0.1, -0.05) is 0 Å². The minimum atomic E-state index is -3.87. The molecule has 0 atom stereocenters. The van der Waals surface area contributed by atoms with Crippen molar-refractivity contribution in [1.82, 2.24) is 19.7 Å². The van der Waals surface area contributed by atoms with Crippen LogP contribution in [0.5, 0.6) is 5.75 Å². The second-order valence-electron chi connectivity index (χ2n) is 7.90. The summed E-state index contributed by atoms with van der Waals surface area (Å²) < 4.78 is 71.9. The smallest absolute Gasteiger partial charge is 0.420 e. The van der Waals surface area contributed by atoms with Crippen molar-refractivity contribution in [3.63, 3.8) is 0 Å². The number of benzene rings is 1. The highest BCUT2D eigenvalue weighted by molar-refractivity contribution is 6.20. The van der Waals surface area contributed by atoms with Crippen LogP contribution in [0.15, 0.2) is 48.8 Å². The van der Waals surface area contributed by atoms with Gasteiger partial charge in [0.25, 0.3) is 0 Å². The molecule has 3 heterocycles. The first-order chi connectivity index (χ1) is 17.0. The minimum absolute atomic E-state index is 0.109. The topological polar surface area (TPSA) is 89.5 Å². The lowest BCUT2D eigenvalue weighted by Gasteiger charge is -2.38. The van der Waals surface area contributed by atoms with Crippen LogP contribution in [0.4, 0.5) is 27.8 Å². The second-order valence-corrected chi connectivity index (χ2v) is 8.34. The molecule has 36 heavy (non-hydrogen) atoms. The van der Waals surface area contributed by atoms with Crippen LogP contribution in [-0.4, -0.2) is 70.0 Å². The highest BCUT2D eigenvalue weighted by Gasteiger charge is 2.39. The van der Waals surface area contributed by atoms with Gasteiger partial charge in [-0.05, 0) is 36.4 Å². The van der Waals surface area contributed by atoms with Crippen molar-refractivity contribution in [2.45, 2.75) is 11.6 Å². The zero-order chi connectivity index (χ0) is 26.1. The summed E-state index contributed by atoms with van der Waals surface area (Å²) in [4.78, 5) is 18.7. The Bertz CT molecular complexity index is 1230. The van der Waals surface area contributed by atoms with Gasteiger partial charge in [-0.2, -0.15) is 13.9 Å². The van der Waals surface area contributed by atoms with E-state index in [0.717, 1.165) is 4.90 Å². The van der Waals surface area contributed by atoms with Crippen LogP contribution in [0.25, 0.3) is 16.9 Å². The van der Waals surface area contributed by atoms with E-state index in [0.29, 0.717) is 22.8 Å². The van der Waals surface area contributed by atoms with Crippen LogP contribution in [0.3, 0.4) is 0 Å². The number of piperazine rings is 1. The molecule has 1 aliphatic rings. The van der Waals surface area contributed by atoms with Crippen molar-refractivity contribution in [3.05, 3.63) is 54.4 Å². The number of halogens is 6. The number of hydrogen-bond donors (Lipinski definition) is 1. The summed E-state index contributed by atoms with van der Waals surface area (Å²) in [6, 6.07) is 5.08. The van der Waals surface area contributed by atoms with E-state index in [9.17, 15) is 26.7 Å². The van der Waals surface area contributed by atoms with Gasteiger partial charge in [-0.25, -0.2) is 19.0 Å². The molecule has 8 nitrogen and oxygen atoms in total. The number of nitrogens with two attached hydrogens (primary N) is 1. The summed E-state index contributed by atoms with van der Waals surface area (Å²) in [5.41, 5.74) is 3.04. The van der Waals surface area contributed by atoms with Crippen LogP contribution in [0.1, 0.15) is 10.4 Å². The molecule has 1 aromatic carbocycles. The molecule has 4 rings (SSSR count). The lowest BCUT2D eigenvalue weighted by atomic mass is 10.1. The number of pyridine rings is 1. The number of carbonyl (C=O) groups excluding carboxylic acids is 1. The maximum absolute atomic E-state index is 13.8. The van der Waals surface area contributed by atoms with Gasteiger partial charge in [0.2, 0.25) is 5.91 Å². The lowest BCUT2D eigenvalue weighted by Crippen LogP contribution is -2.54. The number of primary amides is 1. The number of ether oxygens (including phenoxy) is 1. The van der Waals surface area contributed by atoms with Gasteiger partial charge < -0.3 is 15.4 Å². The normalized spacial score (nSPS) is 15.2. The first-order valence-electron chi connectivity index (χ1n) is 10.6. The van der Waals surface area contributed by atoms with Gasteiger partial charge >= 0.3 is 11.6 Å². The molecule has 1 saturated heterocycles. The molecule has 1 fully saturated rings. The maximum Gasteiger partial charge on any atom is 0.487 e. The van der Waals surface area contributed by atoms with E-state index in [1.807, 2.05) is 0 Å². The fraction of sp³-hybridized carbons (Fsp3) is 0.318. The van der Waals surface area contributed by atoms with Crippen molar-refractivity contribution in [1.29, 1.82) is 0 Å². The Morgan fingerprint density at radius 1 is 1.08 bits per heavy atom. The summed E-state index contributed by atoms with van der Waals surface area (Å²) >= 11 is 4.80. The molecule has 192 valence electrons. The van der Waals surface area contributed by atoms with Crippen molar-refractivity contribution in [2.24, 2.45) is 5.73 Å². The third-order valence-electron chi connectivity index (χ3n) is 5.59. The fourth-order valence-corrected chi connectivity index (χ4v) is 3.95. The Morgan fingerprint density at radius 2 is 1.75 bits per heavy atom. The molecule has 2 N–H and O–H groups in total. The predicted molar refractivity (Wildman–Crippen MR) is 121 cm³/mol. The number of carbonyl (C=O) groups is 1. The molecule has 1 aliphatic heterocycles. The Kier molecular flexibility index (Phi) is 7.05. The lowest BCUT2D eigenvalue weighted by molar-refractivity contribution is -0.159. The first-order valence-corrected chi connectivity index (χ1v) is 11.0. The predicted octanol–water partition coefficient (Wildman–Crippen LogP) is 3.89. The van der Waals surface area contributed by atoms with Gasteiger partial charge in [-0.3, -0.25) is 4.79 Å². The average molecular weight is 531 g/mol. The van der Waals surface area contributed by atoms with E-state index in [1.165, 1.54) is 47.4 Å². The van der Waals surface area contributed by atoms with E-state index < -0.39 is 24.2 Å². The molecule has 0 bridgehead atoms. The Hall–Kier alpha value is -3.45. The van der Waals surface area contributed by atoms with Gasteiger partial charge in [0.05, 0.1) is 23.1 Å². The van der Waals surface area contributed by atoms with E-state index in [-0.39, 0.29) is 37.5 Å². The van der Waals surface area contributed by atoms with Gasteiger partial charge in [0.1, 0.15) is 11.6 Å². The zero-order valence-electron chi connectivity index (χ0n) is 18.6. The number of amides is 1. The third-order valence-corrected chi connectivity index (χ3v) is 5.66. The molecule has 1 amide bonds. The molecular formula is C22H20ClF5N6O2. The number of alkyl halides is 6. The summed E-state index contributed by atoms with van der Waals surface area (Å²) in [7, 11) is 0. The molecule has 2 aromatic heterocycles. The molecule has 0 unspecified atom stereocenters. The molecule has 3 aromatic rings. The average Bonchev–Trinajstić information content (AvgIpc) is 3.33. The van der Waals surface area contributed by atoms with Crippen LogP contribution in [0.2, 0.25) is 0 Å².